The molecule has 0 aliphatic carbocycles. The van der Waals surface area contributed by atoms with Gasteiger partial charge in [0, 0.05) is 57.5 Å². The van der Waals surface area contributed by atoms with Crippen molar-refractivity contribution in [3.63, 3.8) is 0 Å². The molecule has 1 aliphatic rings. The molecular formula is C17H29N3O2. The number of nitrogens with one attached hydrogen (secondary N) is 1. The van der Waals surface area contributed by atoms with Crippen LogP contribution in [0.5, 0.6) is 0 Å². The first-order valence-electron chi connectivity index (χ1n) is 8.37. The Labute approximate surface area is 133 Å². The van der Waals surface area contributed by atoms with Gasteiger partial charge in [-0.3, -0.25) is 9.69 Å². The van der Waals surface area contributed by atoms with Crippen LogP contribution < -0.4 is 10.9 Å². The van der Waals surface area contributed by atoms with Crippen molar-refractivity contribution in [3.05, 3.63) is 33.2 Å². The third-order valence-corrected chi connectivity index (χ3v) is 4.32. The van der Waals surface area contributed by atoms with Crippen molar-refractivity contribution in [2.24, 2.45) is 0 Å². The number of methoxy groups -OCH3 is 1. The van der Waals surface area contributed by atoms with E-state index in [1.807, 2.05) is 4.57 Å². The lowest BCUT2D eigenvalue weighted by molar-refractivity contribution is 0.199. The molecule has 0 unspecified atom stereocenters. The van der Waals surface area contributed by atoms with E-state index in [-0.39, 0.29) is 5.56 Å². The van der Waals surface area contributed by atoms with Crippen molar-refractivity contribution < 1.29 is 4.74 Å². The summed E-state index contributed by atoms with van der Waals surface area (Å²) in [7, 11) is 1.69. The minimum absolute atomic E-state index is 0.176. The van der Waals surface area contributed by atoms with Crippen LogP contribution in [0.4, 0.5) is 0 Å². The van der Waals surface area contributed by atoms with E-state index in [0.29, 0.717) is 13.2 Å². The predicted molar refractivity (Wildman–Crippen MR) is 89.2 cm³/mol. The molecule has 1 aliphatic heterocycles. The number of fused-ring (bicyclic) bond motifs is 1. The molecule has 0 bridgehead atoms. The molecule has 5 nitrogen and oxygen atoms in total. The largest absolute Gasteiger partial charge is 0.383 e. The maximum atomic E-state index is 12.7. The molecule has 124 valence electrons. The van der Waals surface area contributed by atoms with Crippen molar-refractivity contribution in [2.45, 2.75) is 46.3 Å². The van der Waals surface area contributed by atoms with Gasteiger partial charge in [0.1, 0.15) is 0 Å². The average Bonchev–Trinajstić information content (AvgIpc) is 2.54. The molecule has 0 atom stereocenters. The van der Waals surface area contributed by atoms with Crippen LogP contribution in [0.2, 0.25) is 0 Å². The first-order chi connectivity index (χ1) is 10.7. The molecule has 2 rings (SSSR count). The Kier molecular flexibility index (Phi) is 6.61. The quantitative estimate of drug-likeness (QED) is 0.737. The lowest BCUT2D eigenvalue weighted by Gasteiger charge is -2.30. The normalized spacial score (nSPS) is 15.0. The van der Waals surface area contributed by atoms with Gasteiger partial charge in [-0.2, -0.15) is 0 Å². The maximum Gasteiger partial charge on any atom is 0.255 e. The molecule has 0 saturated heterocycles. The Morgan fingerprint density at radius 2 is 2.18 bits per heavy atom. The Morgan fingerprint density at radius 1 is 1.36 bits per heavy atom. The number of nitrogens with zero attached hydrogens (tertiary/aromatic N) is 2. The lowest BCUT2D eigenvalue weighted by Crippen LogP contribution is -2.37. The van der Waals surface area contributed by atoms with Crippen molar-refractivity contribution >= 4 is 0 Å². The SMILES string of the molecule is CCCn1c2c(cc(CNCCOC)c1=O)CN(CC)CC2. The van der Waals surface area contributed by atoms with Gasteiger partial charge < -0.3 is 14.6 Å². The zero-order chi connectivity index (χ0) is 15.9. The Hall–Kier alpha value is -1.17. The summed E-state index contributed by atoms with van der Waals surface area (Å²) in [5, 5.41) is 3.29. The van der Waals surface area contributed by atoms with Gasteiger partial charge in [-0.15, -0.1) is 0 Å². The summed E-state index contributed by atoms with van der Waals surface area (Å²) in [6.45, 7) is 10.3. The Bertz CT molecular complexity index is 539. The first-order valence-corrected chi connectivity index (χ1v) is 8.37. The third kappa shape index (κ3) is 3.97. The average molecular weight is 307 g/mol. The zero-order valence-electron chi connectivity index (χ0n) is 14.2. The maximum absolute atomic E-state index is 12.7. The summed E-state index contributed by atoms with van der Waals surface area (Å²) in [4.78, 5) is 15.2. The number of ether oxygens (including phenoxy) is 1. The molecule has 2 heterocycles. The van der Waals surface area contributed by atoms with Crippen LogP contribution in [0.3, 0.4) is 0 Å². The predicted octanol–water partition coefficient (Wildman–Crippen LogP) is 1.37. The molecule has 1 N–H and O–H groups in total. The zero-order valence-corrected chi connectivity index (χ0v) is 14.2. The smallest absolute Gasteiger partial charge is 0.255 e. The fraction of sp³-hybridized carbons (Fsp3) is 0.706. The molecule has 0 saturated carbocycles. The highest BCUT2D eigenvalue weighted by molar-refractivity contribution is 5.29. The van der Waals surface area contributed by atoms with E-state index in [0.717, 1.165) is 51.1 Å². The lowest BCUT2D eigenvalue weighted by atomic mass is 10.0. The van der Waals surface area contributed by atoms with Crippen molar-refractivity contribution in [1.82, 2.24) is 14.8 Å². The summed E-state index contributed by atoms with van der Waals surface area (Å²) < 4.78 is 7.05. The van der Waals surface area contributed by atoms with Crippen LogP contribution in [0.25, 0.3) is 0 Å². The molecule has 1 aromatic rings. The molecule has 0 radical (unpaired) electrons. The second kappa shape index (κ2) is 8.46. The second-order valence-corrected chi connectivity index (χ2v) is 5.89. The van der Waals surface area contributed by atoms with Crippen LogP contribution in [-0.4, -0.2) is 42.8 Å². The van der Waals surface area contributed by atoms with E-state index in [9.17, 15) is 4.79 Å². The van der Waals surface area contributed by atoms with Gasteiger partial charge in [-0.25, -0.2) is 0 Å². The number of rotatable bonds is 8. The van der Waals surface area contributed by atoms with E-state index < -0.39 is 0 Å². The van der Waals surface area contributed by atoms with Crippen molar-refractivity contribution in [1.29, 1.82) is 0 Å². The summed E-state index contributed by atoms with van der Waals surface area (Å²) in [5.41, 5.74) is 3.62. The summed E-state index contributed by atoms with van der Waals surface area (Å²) in [5.74, 6) is 0. The topological polar surface area (TPSA) is 46.5 Å². The van der Waals surface area contributed by atoms with Gasteiger partial charge in [-0.1, -0.05) is 13.8 Å². The molecule has 0 fully saturated rings. The van der Waals surface area contributed by atoms with Gasteiger partial charge in [-0.05, 0) is 24.6 Å². The number of aromatic nitrogens is 1. The number of pyridine rings is 1. The molecule has 1 aromatic heterocycles. The van der Waals surface area contributed by atoms with Crippen LogP contribution in [-0.2, 0) is 30.8 Å². The monoisotopic (exact) mass is 307 g/mol. The second-order valence-electron chi connectivity index (χ2n) is 5.89. The highest BCUT2D eigenvalue weighted by Gasteiger charge is 2.20. The van der Waals surface area contributed by atoms with Gasteiger partial charge in [0.15, 0.2) is 0 Å². The number of hydrogen-bond acceptors (Lipinski definition) is 4. The Balaban J connectivity index is 2.26. The molecule has 0 aromatic carbocycles. The molecule has 5 heteroatoms. The van der Waals surface area contributed by atoms with Crippen LogP contribution in [0.15, 0.2) is 10.9 Å². The highest BCUT2D eigenvalue weighted by Crippen LogP contribution is 2.19. The summed E-state index contributed by atoms with van der Waals surface area (Å²) in [6, 6.07) is 2.12. The van der Waals surface area contributed by atoms with Gasteiger partial charge in [0.05, 0.1) is 6.61 Å². The minimum atomic E-state index is 0.176. The van der Waals surface area contributed by atoms with Crippen molar-refractivity contribution in [2.75, 3.05) is 33.4 Å². The number of hydrogen-bond donors (Lipinski definition) is 1. The van der Waals surface area contributed by atoms with E-state index in [2.05, 4.69) is 30.1 Å². The molecular weight excluding hydrogens is 278 g/mol. The van der Waals surface area contributed by atoms with Crippen LogP contribution in [0, 0.1) is 0 Å². The van der Waals surface area contributed by atoms with Crippen LogP contribution >= 0.6 is 0 Å². The van der Waals surface area contributed by atoms with E-state index >= 15 is 0 Å². The van der Waals surface area contributed by atoms with Gasteiger partial charge >= 0.3 is 0 Å². The fourth-order valence-electron chi connectivity index (χ4n) is 3.09. The summed E-state index contributed by atoms with van der Waals surface area (Å²) in [6.07, 6.45) is 1.97. The van der Waals surface area contributed by atoms with Gasteiger partial charge in [0.2, 0.25) is 0 Å². The van der Waals surface area contributed by atoms with E-state index in [1.165, 1.54) is 11.3 Å². The van der Waals surface area contributed by atoms with E-state index in [4.69, 9.17) is 4.74 Å². The van der Waals surface area contributed by atoms with Crippen LogP contribution in [0.1, 0.15) is 37.1 Å². The summed E-state index contributed by atoms with van der Waals surface area (Å²) >= 11 is 0. The molecule has 0 spiro atoms. The standard InChI is InChI=1S/C17H29N3O2/c1-4-8-20-16-6-9-19(5-2)13-15(16)11-14(17(20)21)12-18-7-10-22-3/h11,18H,4-10,12-13H2,1-3H3. The first kappa shape index (κ1) is 17.2. The Morgan fingerprint density at radius 3 is 2.86 bits per heavy atom. The minimum Gasteiger partial charge on any atom is -0.383 e. The van der Waals surface area contributed by atoms with Crippen molar-refractivity contribution in [3.8, 4) is 0 Å². The molecule has 22 heavy (non-hydrogen) atoms. The van der Waals surface area contributed by atoms with Gasteiger partial charge in [0.25, 0.3) is 5.56 Å². The highest BCUT2D eigenvalue weighted by atomic mass is 16.5. The fourth-order valence-corrected chi connectivity index (χ4v) is 3.09. The number of likely N-dealkylation sites (N-methyl/N-ethyl adjacent to an activating group) is 1. The third-order valence-electron chi connectivity index (χ3n) is 4.32. The molecule has 0 amide bonds. The van der Waals surface area contributed by atoms with E-state index in [1.54, 1.807) is 7.11 Å².